The number of hydrogen-bond donors (Lipinski definition) is 2. The van der Waals surface area contributed by atoms with Crippen molar-refractivity contribution in [2.75, 3.05) is 31.7 Å². The van der Waals surface area contributed by atoms with Gasteiger partial charge in [-0.25, -0.2) is 4.98 Å². The summed E-state index contributed by atoms with van der Waals surface area (Å²) in [5.41, 5.74) is 0.974. The van der Waals surface area contributed by atoms with Gasteiger partial charge in [-0.15, -0.1) is 0 Å². The molecule has 0 saturated carbocycles. The second kappa shape index (κ2) is 7.60. The highest BCUT2D eigenvalue weighted by Gasteiger charge is 1.98. The third kappa shape index (κ3) is 4.92. The molecule has 0 atom stereocenters. The van der Waals surface area contributed by atoms with E-state index < -0.39 is 0 Å². The van der Waals surface area contributed by atoms with E-state index >= 15 is 0 Å². The quantitative estimate of drug-likeness (QED) is 0.753. The first-order valence-electron chi connectivity index (χ1n) is 5.29. The molecule has 4 nitrogen and oxygen atoms in total. The molecule has 0 unspecified atom stereocenters. The van der Waals surface area contributed by atoms with E-state index in [4.69, 9.17) is 9.84 Å². The van der Waals surface area contributed by atoms with Crippen molar-refractivity contribution in [3.8, 4) is 0 Å². The number of aliphatic hydroxyl groups excluding tert-OH is 1. The molecule has 1 rings (SSSR count). The minimum Gasteiger partial charge on any atom is -0.394 e. The Morgan fingerprint density at radius 3 is 2.94 bits per heavy atom. The van der Waals surface area contributed by atoms with Gasteiger partial charge in [-0.05, 0) is 41.4 Å². The van der Waals surface area contributed by atoms with E-state index in [1.165, 1.54) is 0 Å². The van der Waals surface area contributed by atoms with Crippen LogP contribution in [0.15, 0.2) is 16.6 Å². The van der Waals surface area contributed by atoms with Crippen LogP contribution in [0.5, 0.6) is 0 Å². The fourth-order valence-electron chi connectivity index (χ4n) is 1.20. The number of nitrogens with one attached hydrogen (secondary N) is 1. The molecule has 5 heteroatoms. The van der Waals surface area contributed by atoms with E-state index in [2.05, 4.69) is 26.2 Å². The van der Waals surface area contributed by atoms with Gasteiger partial charge in [0.05, 0.1) is 18.9 Å². The third-order valence-corrected chi connectivity index (χ3v) is 2.87. The SMILES string of the molecule is Cc1nc(NCCCOCCO)ccc1Br. The molecule has 0 spiro atoms. The number of hydrogen-bond acceptors (Lipinski definition) is 4. The Bertz CT molecular complexity index is 321. The fraction of sp³-hybridized carbons (Fsp3) is 0.545. The first-order valence-corrected chi connectivity index (χ1v) is 6.09. The van der Waals surface area contributed by atoms with E-state index in [1.54, 1.807) is 0 Å². The smallest absolute Gasteiger partial charge is 0.126 e. The Kier molecular flexibility index (Phi) is 6.37. The predicted octanol–water partition coefficient (Wildman–Crippen LogP) is 1.96. The molecule has 16 heavy (non-hydrogen) atoms. The number of ether oxygens (including phenoxy) is 1. The van der Waals surface area contributed by atoms with Crippen molar-refractivity contribution >= 4 is 21.7 Å². The number of rotatable bonds is 7. The highest BCUT2D eigenvalue weighted by Crippen LogP contribution is 2.15. The van der Waals surface area contributed by atoms with Gasteiger partial charge in [-0.2, -0.15) is 0 Å². The van der Waals surface area contributed by atoms with Crippen LogP contribution in [-0.2, 0) is 4.74 Å². The summed E-state index contributed by atoms with van der Waals surface area (Å²) in [6.07, 6.45) is 0.900. The summed E-state index contributed by atoms with van der Waals surface area (Å²) >= 11 is 3.41. The van der Waals surface area contributed by atoms with Gasteiger partial charge in [-0.1, -0.05) is 0 Å². The van der Waals surface area contributed by atoms with Crippen LogP contribution in [0.2, 0.25) is 0 Å². The number of aryl methyl sites for hydroxylation is 1. The summed E-state index contributed by atoms with van der Waals surface area (Å²) in [7, 11) is 0. The normalized spacial score (nSPS) is 10.4. The molecule has 0 aliphatic rings. The van der Waals surface area contributed by atoms with Crippen molar-refractivity contribution in [1.29, 1.82) is 0 Å². The van der Waals surface area contributed by atoms with E-state index in [0.29, 0.717) is 13.2 Å². The average molecular weight is 289 g/mol. The Hall–Kier alpha value is -0.650. The Morgan fingerprint density at radius 1 is 1.44 bits per heavy atom. The van der Waals surface area contributed by atoms with E-state index in [-0.39, 0.29) is 6.61 Å². The van der Waals surface area contributed by atoms with Gasteiger partial charge in [0.2, 0.25) is 0 Å². The van der Waals surface area contributed by atoms with Crippen molar-refractivity contribution in [3.63, 3.8) is 0 Å². The summed E-state index contributed by atoms with van der Waals surface area (Å²) in [5, 5.41) is 11.7. The lowest BCUT2D eigenvalue weighted by Gasteiger charge is -2.07. The molecule has 1 aromatic heterocycles. The van der Waals surface area contributed by atoms with Gasteiger partial charge in [0.1, 0.15) is 5.82 Å². The number of aliphatic hydroxyl groups is 1. The van der Waals surface area contributed by atoms with Gasteiger partial charge in [0.15, 0.2) is 0 Å². The molecule has 1 aromatic rings. The minimum atomic E-state index is 0.0842. The fourth-order valence-corrected chi connectivity index (χ4v) is 1.42. The van der Waals surface area contributed by atoms with Gasteiger partial charge in [0.25, 0.3) is 0 Å². The molecule has 0 bridgehead atoms. The van der Waals surface area contributed by atoms with Crippen molar-refractivity contribution in [1.82, 2.24) is 4.98 Å². The molecule has 2 N–H and O–H groups in total. The molecule has 0 saturated heterocycles. The monoisotopic (exact) mass is 288 g/mol. The Labute approximate surface area is 104 Å². The molecular formula is C11H17BrN2O2. The zero-order valence-electron chi connectivity index (χ0n) is 9.37. The number of halogens is 1. The molecule has 0 radical (unpaired) electrons. The standard InChI is InChI=1S/C11H17BrN2O2/c1-9-10(12)3-4-11(14-9)13-5-2-7-16-8-6-15/h3-4,15H,2,5-8H2,1H3,(H,13,14). The molecular weight excluding hydrogens is 272 g/mol. The first kappa shape index (κ1) is 13.4. The van der Waals surface area contributed by atoms with Crippen LogP contribution in [0.1, 0.15) is 12.1 Å². The highest BCUT2D eigenvalue weighted by atomic mass is 79.9. The second-order valence-corrected chi connectivity index (χ2v) is 4.23. The summed E-state index contributed by atoms with van der Waals surface area (Å²) < 4.78 is 6.16. The maximum absolute atomic E-state index is 8.50. The first-order chi connectivity index (χ1) is 7.74. The van der Waals surface area contributed by atoms with E-state index in [0.717, 1.165) is 29.0 Å². The van der Waals surface area contributed by atoms with Crippen molar-refractivity contribution in [3.05, 3.63) is 22.3 Å². The van der Waals surface area contributed by atoms with Crippen LogP contribution in [0.4, 0.5) is 5.82 Å². The average Bonchev–Trinajstić information content (AvgIpc) is 2.28. The third-order valence-electron chi connectivity index (χ3n) is 2.03. The van der Waals surface area contributed by atoms with Crippen LogP contribution in [0.3, 0.4) is 0 Å². The van der Waals surface area contributed by atoms with Crippen molar-refractivity contribution < 1.29 is 9.84 Å². The maximum Gasteiger partial charge on any atom is 0.126 e. The Balaban J connectivity index is 2.19. The molecule has 0 aromatic carbocycles. The van der Waals surface area contributed by atoms with Crippen LogP contribution < -0.4 is 5.32 Å². The Morgan fingerprint density at radius 2 is 2.25 bits per heavy atom. The van der Waals surface area contributed by atoms with Crippen molar-refractivity contribution in [2.24, 2.45) is 0 Å². The lowest BCUT2D eigenvalue weighted by molar-refractivity contribution is 0.0922. The predicted molar refractivity (Wildman–Crippen MR) is 67.7 cm³/mol. The van der Waals surface area contributed by atoms with Gasteiger partial charge >= 0.3 is 0 Å². The number of nitrogens with zero attached hydrogens (tertiary/aromatic N) is 1. The highest BCUT2D eigenvalue weighted by molar-refractivity contribution is 9.10. The lowest BCUT2D eigenvalue weighted by Crippen LogP contribution is -2.08. The summed E-state index contributed by atoms with van der Waals surface area (Å²) in [4.78, 5) is 4.37. The molecule has 1 heterocycles. The molecule has 0 aliphatic carbocycles. The van der Waals surface area contributed by atoms with Gasteiger partial charge in [0, 0.05) is 17.6 Å². The van der Waals surface area contributed by atoms with Gasteiger partial charge < -0.3 is 15.2 Å². The van der Waals surface area contributed by atoms with Crippen LogP contribution in [-0.4, -0.2) is 36.5 Å². The second-order valence-electron chi connectivity index (χ2n) is 3.38. The zero-order valence-corrected chi connectivity index (χ0v) is 11.0. The van der Waals surface area contributed by atoms with Crippen LogP contribution in [0, 0.1) is 6.92 Å². The molecule has 0 amide bonds. The van der Waals surface area contributed by atoms with E-state index in [1.807, 2.05) is 19.1 Å². The largest absolute Gasteiger partial charge is 0.394 e. The van der Waals surface area contributed by atoms with Crippen LogP contribution in [0.25, 0.3) is 0 Å². The number of anilines is 1. The number of aromatic nitrogens is 1. The van der Waals surface area contributed by atoms with Crippen molar-refractivity contribution in [2.45, 2.75) is 13.3 Å². The summed E-state index contributed by atoms with van der Waals surface area (Å²) in [6.45, 7) is 3.93. The summed E-state index contributed by atoms with van der Waals surface area (Å²) in [5.74, 6) is 0.878. The zero-order chi connectivity index (χ0) is 11.8. The molecule has 90 valence electrons. The maximum atomic E-state index is 8.50. The van der Waals surface area contributed by atoms with Crippen LogP contribution >= 0.6 is 15.9 Å². The topological polar surface area (TPSA) is 54.4 Å². The summed E-state index contributed by atoms with van der Waals surface area (Å²) in [6, 6.07) is 3.92. The lowest BCUT2D eigenvalue weighted by atomic mass is 10.3. The molecule has 0 fully saturated rings. The molecule has 0 aliphatic heterocycles. The minimum absolute atomic E-state index is 0.0842. The van der Waals surface area contributed by atoms with E-state index in [9.17, 15) is 0 Å². The number of pyridine rings is 1. The van der Waals surface area contributed by atoms with Gasteiger partial charge in [-0.3, -0.25) is 0 Å².